The summed E-state index contributed by atoms with van der Waals surface area (Å²) in [5.41, 5.74) is 2.45. The second-order valence-corrected chi connectivity index (χ2v) is 10.8. The summed E-state index contributed by atoms with van der Waals surface area (Å²) < 4.78 is 3.79. The number of aryl methyl sites for hydroxylation is 1. The molecule has 0 radical (unpaired) electrons. The van der Waals surface area contributed by atoms with Crippen molar-refractivity contribution in [1.82, 2.24) is 29.8 Å². The first kappa shape index (κ1) is 25.0. The fourth-order valence-electron chi connectivity index (χ4n) is 5.97. The smallest absolute Gasteiger partial charge is 0.300 e. The molecule has 37 heavy (non-hydrogen) atoms. The van der Waals surface area contributed by atoms with Gasteiger partial charge in [0.15, 0.2) is 0 Å². The zero-order chi connectivity index (χ0) is 26.2. The zero-order valence-corrected chi connectivity index (χ0v) is 22.0. The number of ketones is 1. The van der Waals surface area contributed by atoms with Gasteiger partial charge in [-0.3, -0.25) is 18.9 Å². The van der Waals surface area contributed by atoms with Crippen LogP contribution in [0.3, 0.4) is 0 Å². The Morgan fingerprint density at radius 2 is 2.14 bits per heavy atom. The molecule has 1 saturated carbocycles. The van der Waals surface area contributed by atoms with Gasteiger partial charge in [0, 0.05) is 47.7 Å². The van der Waals surface area contributed by atoms with Gasteiger partial charge in [0.05, 0.1) is 6.04 Å². The number of carbonyl (C=O) groups excluding carboxylic acids is 1. The molecule has 9 heteroatoms. The fraction of sp³-hybridized carbons (Fsp3) is 0.500. The van der Waals surface area contributed by atoms with E-state index in [0.717, 1.165) is 36.1 Å². The number of nitrogens with one attached hydrogen (secondary N) is 1. The van der Waals surface area contributed by atoms with Gasteiger partial charge in [0.2, 0.25) is 5.82 Å². The lowest BCUT2D eigenvalue weighted by molar-refractivity contribution is -0.118. The van der Waals surface area contributed by atoms with Gasteiger partial charge in [-0.05, 0) is 54.9 Å². The number of carbonyl (C=O) groups is 1. The van der Waals surface area contributed by atoms with E-state index in [-0.39, 0.29) is 29.4 Å². The van der Waals surface area contributed by atoms with E-state index < -0.39 is 5.41 Å². The third kappa shape index (κ3) is 4.63. The van der Waals surface area contributed by atoms with Crippen LogP contribution in [0.1, 0.15) is 64.3 Å². The average molecular weight is 502 g/mol. The number of tetrazole rings is 1. The van der Waals surface area contributed by atoms with Crippen molar-refractivity contribution < 1.29 is 4.79 Å². The van der Waals surface area contributed by atoms with E-state index >= 15 is 0 Å². The Kier molecular flexibility index (Phi) is 6.79. The number of H-pyrrole nitrogens is 1. The van der Waals surface area contributed by atoms with Crippen molar-refractivity contribution >= 4 is 12.0 Å². The molecule has 3 heterocycles. The first-order valence-electron chi connectivity index (χ1n) is 13.2. The molecule has 194 valence electrons. The van der Waals surface area contributed by atoms with Crippen LogP contribution in [0.25, 0.3) is 11.4 Å². The minimum atomic E-state index is -0.459. The Hall–Kier alpha value is -3.62. The lowest BCUT2D eigenvalue weighted by Crippen LogP contribution is -2.37. The maximum absolute atomic E-state index is 14.0. The molecule has 4 unspecified atom stereocenters. The summed E-state index contributed by atoms with van der Waals surface area (Å²) in [6.07, 6.45) is 11.4. The molecular formula is C28H35N7O2. The number of nitrogens with zero attached hydrogens (tertiary/aromatic N) is 6. The number of benzene rings is 1. The molecule has 1 aliphatic carbocycles. The lowest BCUT2D eigenvalue weighted by Gasteiger charge is -2.32. The van der Waals surface area contributed by atoms with Gasteiger partial charge in [-0.15, -0.1) is 10.2 Å². The normalized spacial score (nSPS) is 24.6. The average Bonchev–Trinajstić information content (AvgIpc) is 3.26. The highest BCUT2D eigenvalue weighted by Crippen LogP contribution is 2.54. The number of imidazole rings is 1. The highest BCUT2D eigenvalue weighted by atomic mass is 16.2. The van der Waals surface area contributed by atoms with Crippen LogP contribution in [0, 0.1) is 17.8 Å². The Morgan fingerprint density at radius 3 is 2.76 bits per heavy atom. The molecule has 0 bridgehead atoms. The number of unbranched alkanes of at least 4 members (excludes halogenated alkanes) is 1. The quantitative estimate of drug-likeness (QED) is 0.449. The van der Waals surface area contributed by atoms with Gasteiger partial charge >= 0.3 is 5.69 Å². The molecule has 2 aromatic heterocycles. The molecule has 0 spiro atoms. The third-order valence-electron chi connectivity index (χ3n) is 7.99. The Morgan fingerprint density at radius 1 is 1.30 bits per heavy atom. The minimum Gasteiger partial charge on any atom is -0.300 e. The van der Waals surface area contributed by atoms with Gasteiger partial charge < -0.3 is 0 Å². The predicted octanol–water partition coefficient (Wildman–Crippen LogP) is 4.13. The van der Waals surface area contributed by atoms with Crippen molar-refractivity contribution in [3.63, 3.8) is 0 Å². The van der Waals surface area contributed by atoms with Crippen LogP contribution in [-0.2, 0) is 23.2 Å². The third-order valence-corrected chi connectivity index (χ3v) is 7.99. The van der Waals surface area contributed by atoms with Crippen molar-refractivity contribution in [3.05, 3.63) is 64.5 Å². The Bertz CT molecular complexity index is 1380. The van der Waals surface area contributed by atoms with Crippen LogP contribution in [0.4, 0.5) is 0 Å². The van der Waals surface area contributed by atoms with Gasteiger partial charge in [-0.25, -0.2) is 4.79 Å². The number of aromatic amines is 1. The SMILES string of the molecule is CCCCc1cn(C2C(C(C)=O)C2C(C)C)c(=O)n1CC1(c2cccc(-c3nn[nH]n3)c2)C=CN=CC1. The molecule has 1 aromatic carbocycles. The summed E-state index contributed by atoms with van der Waals surface area (Å²) in [5, 5.41) is 14.5. The van der Waals surface area contributed by atoms with E-state index in [1.807, 2.05) is 39.9 Å². The number of hydrogen-bond acceptors (Lipinski definition) is 6. The first-order chi connectivity index (χ1) is 17.9. The summed E-state index contributed by atoms with van der Waals surface area (Å²) in [7, 11) is 0. The van der Waals surface area contributed by atoms with E-state index in [2.05, 4.69) is 64.6 Å². The number of aliphatic imine (C=N–C) groups is 1. The van der Waals surface area contributed by atoms with Gasteiger partial charge in [-0.2, -0.15) is 5.21 Å². The van der Waals surface area contributed by atoms with Crippen molar-refractivity contribution in [3.8, 4) is 11.4 Å². The molecule has 1 N–H and O–H groups in total. The molecule has 9 nitrogen and oxygen atoms in total. The van der Waals surface area contributed by atoms with Crippen LogP contribution in [-0.4, -0.2) is 41.8 Å². The number of rotatable bonds is 10. The monoisotopic (exact) mass is 501 g/mol. The van der Waals surface area contributed by atoms with Crippen LogP contribution in [0.5, 0.6) is 0 Å². The summed E-state index contributed by atoms with van der Waals surface area (Å²) in [4.78, 5) is 30.7. The molecule has 5 rings (SSSR count). The molecule has 1 fully saturated rings. The van der Waals surface area contributed by atoms with E-state index in [4.69, 9.17) is 0 Å². The van der Waals surface area contributed by atoms with E-state index in [0.29, 0.717) is 24.7 Å². The van der Waals surface area contributed by atoms with Crippen LogP contribution in [0.15, 0.2) is 52.5 Å². The summed E-state index contributed by atoms with van der Waals surface area (Å²) in [6.45, 7) is 8.57. The fourth-order valence-corrected chi connectivity index (χ4v) is 5.97. The topological polar surface area (TPSA) is 111 Å². The molecule has 4 atom stereocenters. The summed E-state index contributed by atoms with van der Waals surface area (Å²) in [6, 6.07) is 8.04. The van der Waals surface area contributed by atoms with Crippen molar-refractivity contribution in [2.75, 3.05) is 0 Å². The van der Waals surface area contributed by atoms with Gasteiger partial charge in [0.25, 0.3) is 0 Å². The molecule has 1 aliphatic heterocycles. The van der Waals surface area contributed by atoms with Gasteiger partial charge in [-0.1, -0.05) is 51.5 Å². The molecule has 0 saturated heterocycles. The van der Waals surface area contributed by atoms with Crippen molar-refractivity contribution in [2.45, 2.75) is 71.4 Å². The predicted molar refractivity (Wildman–Crippen MR) is 142 cm³/mol. The van der Waals surface area contributed by atoms with Crippen molar-refractivity contribution in [2.24, 2.45) is 22.7 Å². The Labute approximate surface area is 216 Å². The Balaban J connectivity index is 1.57. The van der Waals surface area contributed by atoms with Crippen LogP contribution >= 0.6 is 0 Å². The van der Waals surface area contributed by atoms with Crippen LogP contribution in [0.2, 0.25) is 0 Å². The number of allylic oxidation sites excluding steroid dienone is 1. The molecular weight excluding hydrogens is 466 g/mol. The minimum absolute atomic E-state index is 0.0323. The number of Topliss-reactive ketones (excluding diaryl/α,β-unsaturated/α-hetero) is 1. The largest absolute Gasteiger partial charge is 0.328 e. The number of hydrogen-bond donors (Lipinski definition) is 1. The lowest BCUT2D eigenvalue weighted by atomic mass is 9.76. The zero-order valence-electron chi connectivity index (χ0n) is 22.0. The maximum atomic E-state index is 14.0. The summed E-state index contributed by atoms with van der Waals surface area (Å²) >= 11 is 0. The number of aromatic nitrogens is 6. The summed E-state index contributed by atoms with van der Waals surface area (Å²) in [5.74, 6) is 1.15. The molecule has 3 aromatic rings. The van der Waals surface area contributed by atoms with E-state index in [1.54, 1.807) is 6.92 Å². The standard InChI is InChI=1S/C28H35N7O2/c1-5-6-10-22-16-34(25-23(18(2)3)24(25)19(4)36)27(37)35(22)17-28(11-13-29-14-12-28)21-9-7-8-20(15-21)26-30-32-33-31-26/h7-9,11,13-16,18,23-25H,5-6,10,12,17H2,1-4H3,(H,30,31,32,33). The van der Waals surface area contributed by atoms with Gasteiger partial charge in [0.1, 0.15) is 5.78 Å². The second-order valence-electron chi connectivity index (χ2n) is 10.8. The first-order valence-corrected chi connectivity index (χ1v) is 13.2. The highest BCUT2D eigenvalue weighted by Gasteiger charge is 2.56. The second kappa shape index (κ2) is 10.0. The highest BCUT2D eigenvalue weighted by molar-refractivity contribution is 5.82. The molecule has 2 aliphatic rings. The van der Waals surface area contributed by atoms with Crippen molar-refractivity contribution in [1.29, 1.82) is 0 Å². The van der Waals surface area contributed by atoms with Crippen LogP contribution < -0.4 is 5.69 Å². The van der Waals surface area contributed by atoms with E-state index in [9.17, 15) is 9.59 Å². The van der Waals surface area contributed by atoms with E-state index in [1.165, 1.54) is 0 Å². The molecule has 0 amide bonds. The maximum Gasteiger partial charge on any atom is 0.328 e.